The van der Waals surface area contributed by atoms with Gasteiger partial charge >= 0.3 is 0 Å². The third kappa shape index (κ3) is 3.96. The number of hydrogen-bond acceptors (Lipinski definition) is 1. The Morgan fingerprint density at radius 2 is 0.809 bits per heavy atom. The van der Waals surface area contributed by atoms with E-state index in [1.54, 1.807) is 0 Å². The van der Waals surface area contributed by atoms with Crippen LogP contribution in [0.3, 0.4) is 0 Å². The van der Waals surface area contributed by atoms with E-state index < -0.39 is 0 Å². The van der Waals surface area contributed by atoms with E-state index in [0.717, 1.165) is 11.4 Å². The van der Waals surface area contributed by atoms with E-state index in [9.17, 15) is 0 Å². The summed E-state index contributed by atoms with van der Waals surface area (Å²) < 4.78 is 0. The fraction of sp³-hybridized carbons (Fsp3) is 0.0870. The van der Waals surface area contributed by atoms with Crippen LogP contribution in [-0.4, -0.2) is 0 Å². The van der Waals surface area contributed by atoms with E-state index in [2.05, 4.69) is 183 Å². The number of anilines is 3. The lowest BCUT2D eigenvalue weighted by Gasteiger charge is -2.31. The van der Waals surface area contributed by atoms with Gasteiger partial charge in [-0.3, -0.25) is 0 Å². The number of hydrogen-bond donors (Lipinski definition) is 0. The molecule has 47 heavy (non-hydrogen) atoms. The van der Waals surface area contributed by atoms with E-state index in [1.807, 2.05) is 0 Å². The van der Waals surface area contributed by atoms with Crippen LogP contribution in [0.2, 0.25) is 0 Å². The minimum absolute atomic E-state index is 0.367. The second-order valence-electron chi connectivity index (χ2n) is 13.1. The van der Waals surface area contributed by atoms with E-state index in [1.165, 1.54) is 78.0 Å². The van der Waals surface area contributed by atoms with Crippen molar-refractivity contribution in [2.75, 3.05) is 4.90 Å². The van der Waals surface area contributed by atoms with Gasteiger partial charge in [-0.15, -0.1) is 0 Å². The molecule has 2 aliphatic rings. The maximum atomic E-state index is 2.43. The highest BCUT2D eigenvalue weighted by Crippen LogP contribution is 2.64. The van der Waals surface area contributed by atoms with Gasteiger partial charge in [-0.05, 0) is 107 Å². The molecule has 1 spiro atoms. The Kier molecular flexibility index (Phi) is 6.14. The minimum atomic E-state index is -0.367. The summed E-state index contributed by atoms with van der Waals surface area (Å²) in [7, 11) is 0. The molecule has 7 aromatic rings. The molecule has 0 aromatic heterocycles. The lowest BCUT2D eigenvalue weighted by Crippen LogP contribution is -2.25. The Morgan fingerprint density at radius 3 is 1.38 bits per heavy atom. The van der Waals surface area contributed by atoms with Gasteiger partial charge in [0, 0.05) is 16.9 Å². The lowest BCUT2D eigenvalue weighted by molar-refractivity contribution is 0.794. The van der Waals surface area contributed by atoms with Crippen molar-refractivity contribution >= 4 is 17.1 Å². The van der Waals surface area contributed by atoms with Crippen molar-refractivity contribution in [3.8, 4) is 33.4 Å². The third-order valence-electron chi connectivity index (χ3n) is 10.3. The van der Waals surface area contributed by atoms with Crippen LogP contribution in [-0.2, 0) is 5.41 Å². The third-order valence-corrected chi connectivity index (χ3v) is 10.3. The molecule has 0 atom stereocenters. The Morgan fingerprint density at radius 1 is 0.362 bits per heavy atom. The fourth-order valence-corrected chi connectivity index (χ4v) is 8.24. The summed E-state index contributed by atoms with van der Waals surface area (Å²) in [4.78, 5) is 2.43. The van der Waals surface area contributed by atoms with Gasteiger partial charge in [0.05, 0.1) is 11.1 Å². The van der Waals surface area contributed by atoms with Crippen molar-refractivity contribution in [2.24, 2.45) is 0 Å². The molecule has 1 heteroatoms. The van der Waals surface area contributed by atoms with Gasteiger partial charge in [-0.1, -0.05) is 139 Å². The smallest absolute Gasteiger partial charge is 0.0725 e. The first-order valence-electron chi connectivity index (χ1n) is 16.5. The molecule has 0 unspecified atom stereocenters. The Labute approximate surface area is 277 Å². The van der Waals surface area contributed by atoms with Gasteiger partial charge < -0.3 is 4.90 Å². The molecule has 2 aliphatic carbocycles. The number of benzene rings is 7. The minimum Gasteiger partial charge on any atom is -0.310 e. The SMILES string of the molecule is Cc1ccc(N(c2ccc(C)cc2)c2cc(C)ccc2-c2cccc3c2-c2ccccc2C32c3ccccc3-c3ccccc32)cc1. The average molecular weight is 602 g/mol. The van der Waals surface area contributed by atoms with Crippen molar-refractivity contribution in [1.82, 2.24) is 0 Å². The highest BCUT2D eigenvalue weighted by atomic mass is 15.1. The molecular formula is C46H35N. The Hall–Kier alpha value is -5.66. The Balaban J connectivity index is 1.36. The van der Waals surface area contributed by atoms with Crippen molar-refractivity contribution in [3.63, 3.8) is 0 Å². The average Bonchev–Trinajstić information content (AvgIpc) is 3.58. The highest BCUT2D eigenvalue weighted by Gasteiger charge is 2.52. The first-order chi connectivity index (χ1) is 23.1. The Bertz CT molecular complexity index is 2230. The van der Waals surface area contributed by atoms with Gasteiger partial charge in [0.25, 0.3) is 0 Å². The van der Waals surface area contributed by atoms with Crippen LogP contribution >= 0.6 is 0 Å². The van der Waals surface area contributed by atoms with E-state index in [4.69, 9.17) is 0 Å². The quantitative estimate of drug-likeness (QED) is 0.194. The van der Waals surface area contributed by atoms with Crippen LogP contribution in [0.5, 0.6) is 0 Å². The second-order valence-corrected chi connectivity index (χ2v) is 13.1. The summed E-state index contributed by atoms with van der Waals surface area (Å²) >= 11 is 0. The zero-order valence-corrected chi connectivity index (χ0v) is 27.0. The maximum Gasteiger partial charge on any atom is 0.0725 e. The van der Waals surface area contributed by atoms with Gasteiger partial charge in [-0.25, -0.2) is 0 Å². The molecule has 0 N–H and O–H groups in total. The standard InChI is InChI=1S/C46H35N/c1-30-19-24-33(25-20-30)47(34-26-21-31(2)22-27-34)44-29-32(3)23-28-37(44)38-14-10-18-43-45(38)39-13-6-9-17-42(39)46(43)40-15-7-4-11-35(40)36-12-5-8-16-41(36)46/h4-29H,1-3H3. The van der Waals surface area contributed by atoms with E-state index >= 15 is 0 Å². The lowest BCUT2D eigenvalue weighted by atomic mass is 9.70. The molecule has 0 aliphatic heterocycles. The molecular weight excluding hydrogens is 567 g/mol. The fourth-order valence-electron chi connectivity index (χ4n) is 8.24. The van der Waals surface area contributed by atoms with Crippen LogP contribution in [0.4, 0.5) is 17.1 Å². The normalized spacial score (nSPS) is 13.2. The molecule has 1 nitrogen and oxygen atoms in total. The van der Waals surface area contributed by atoms with Crippen LogP contribution in [0.1, 0.15) is 38.9 Å². The van der Waals surface area contributed by atoms with Crippen molar-refractivity contribution in [2.45, 2.75) is 26.2 Å². The summed E-state index contributed by atoms with van der Waals surface area (Å²) in [5.41, 5.74) is 20.1. The molecule has 9 rings (SSSR count). The monoisotopic (exact) mass is 601 g/mol. The molecule has 0 bridgehead atoms. The first kappa shape index (κ1) is 27.6. The van der Waals surface area contributed by atoms with Crippen molar-refractivity contribution in [3.05, 3.63) is 197 Å². The summed E-state index contributed by atoms with van der Waals surface area (Å²) in [6.07, 6.45) is 0. The second kappa shape index (κ2) is 10.4. The van der Waals surface area contributed by atoms with E-state index in [-0.39, 0.29) is 5.41 Å². The van der Waals surface area contributed by atoms with Gasteiger partial charge in [0.1, 0.15) is 0 Å². The topological polar surface area (TPSA) is 3.24 Å². The predicted octanol–water partition coefficient (Wildman–Crippen LogP) is 12.1. The van der Waals surface area contributed by atoms with Crippen molar-refractivity contribution < 1.29 is 0 Å². The summed E-state index contributed by atoms with van der Waals surface area (Å²) in [5.74, 6) is 0. The number of aryl methyl sites for hydroxylation is 3. The summed E-state index contributed by atoms with van der Waals surface area (Å²) in [5, 5.41) is 0. The van der Waals surface area contributed by atoms with Gasteiger partial charge in [-0.2, -0.15) is 0 Å². The number of fused-ring (bicyclic) bond motifs is 10. The number of rotatable bonds is 4. The van der Waals surface area contributed by atoms with Gasteiger partial charge in [0.2, 0.25) is 0 Å². The summed E-state index contributed by atoms with van der Waals surface area (Å²) in [6, 6.07) is 58.9. The first-order valence-corrected chi connectivity index (χ1v) is 16.5. The molecule has 0 heterocycles. The largest absolute Gasteiger partial charge is 0.310 e. The molecule has 0 fully saturated rings. The molecule has 0 saturated carbocycles. The molecule has 224 valence electrons. The molecule has 0 amide bonds. The van der Waals surface area contributed by atoms with Gasteiger partial charge in [0.15, 0.2) is 0 Å². The van der Waals surface area contributed by atoms with E-state index in [0.29, 0.717) is 0 Å². The zero-order valence-electron chi connectivity index (χ0n) is 27.0. The van der Waals surface area contributed by atoms with Crippen LogP contribution < -0.4 is 4.90 Å². The molecule has 7 aromatic carbocycles. The zero-order chi connectivity index (χ0) is 31.7. The van der Waals surface area contributed by atoms with Crippen LogP contribution in [0.15, 0.2) is 158 Å². The van der Waals surface area contributed by atoms with Crippen LogP contribution in [0.25, 0.3) is 33.4 Å². The number of nitrogens with zero attached hydrogens (tertiary/aromatic N) is 1. The summed E-state index contributed by atoms with van der Waals surface area (Å²) in [6.45, 7) is 6.50. The molecule has 0 saturated heterocycles. The van der Waals surface area contributed by atoms with Crippen LogP contribution in [0, 0.1) is 20.8 Å². The molecule has 0 radical (unpaired) electrons. The predicted molar refractivity (Wildman–Crippen MR) is 197 cm³/mol. The van der Waals surface area contributed by atoms with Crippen molar-refractivity contribution in [1.29, 1.82) is 0 Å². The maximum absolute atomic E-state index is 2.43. The highest BCUT2D eigenvalue weighted by molar-refractivity contribution is 6.02.